The van der Waals surface area contributed by atoms with E-state index in [2.05, 4.69) is 16.9 Å². The molecule has 0 aliphatic rings. The predicted molar refractivity (Wildman–Crippen MR) is 47.5 cm³/mol. The Kier molecular flexibility index (Phi) is 2.99. The molecule has 0 radical (unpaired) electrons. The van der Waals surface area contributed by atoms with Gasteiger partial charge in [0.15, 0.2) is 0 Å². The van der Waals surface area contributed by atoms with Crippen LogP contribution in [0.25, 0.3) is 0 Å². The van der Waals surface area contributed by atoms with Crippen LogP contribution in [0, 0.1) is 0 Å². The monoisotopic (exact) mass is 166 g/mol. The second kappa shape index (κ2) is 4.01. The number of hydrogen-bond acceptors (Lipinski definition) is 3. The summed E-state index contributed by atoms with van der Waals surface area (Å²) in [5.41, 5.74) is 6.71. The van der Waals surface area contributed by atoms with Crippen LogP contribution in [0.15, 0.2) is 18.9 Å². The third-order valence-electron chi connectivity index (χ3n) is 1.59. The van der Waals surface area contributed by atoms with Gasteiger partial charge in [0.05, 0.1) is 5.69 Å². The minimum atomic E-state index is 0.110. The van der Waals surface area contributed by atoms with Crippen LogP contribution in [0.1, 0.15) is 12.1 Å². The molecule has 1 aromatic rings. The van der Waals surface area contributed by atoms with Gasteiger partial charge in [0, 0.05) is 25.7 Å². The highest BCUT2D eigenvalue weighted by molar-refractivity contribution is 4.96. The number of hydrogen-bond donors (Lipinski definition) is 1. The van der Waals surface area contributed by atoms with Gasteiger partial charge in [-0.15, -0.1) is 11.7 Å². The zero-order valence-electron chi connectivity index (χ0n) is 7.27. The standard InChI is InChI=1S/C8H14N4/c1-3-4-7(9)5-8-6-12(2)11-10-8/h3,6-7H,1,4-5,9H2,2H3. The average Bonchev–Trinajstić information content (AvgIpc) is 2.36. The Morgan fingerprint density at radius 1 is 1.83 bits per heavy atom. The molecule has 0 fully saturated rings. The molecule has 0 bridgehead atoms. The summed E-state index contributed by atoms with van der Waals surface area (Å²) in [4.78, 5) is 0. The maximum atomic E-state index is 5.78. The third kappa shape index (κ3) is 2.47. The molecule has 1 aromatic heterocycles. The maximum absolute atomic E-state index is 5.78. The highest BCUT2D eigenvalue weighted by Crippen LogP contribution is 1.99. The Hall–Kier alpha value is -1.16. The first-order chi connectivity index (χ1) is 5.72. The van der Waals surface area contributed by atoms with Gasteiger partial charge in [-0.1, -0.05) is 11.3 Å². The molecule has 0 aromatic carbocycles. The van der Waals surface area contributed by atoms with E-state index in [1.54, 1.807) is 4.68 Å². The van der Waals surface area contributed by atoms with Gasteiger partial charge in [-0.2, -0.15) is 0 Å². The van der Waals surface area contributed by atoms with E-state index in [1.807, 2.05) is 19.3 Å². The predicted octanol–water partition coefficient (Wildman–Crippen LogP) is 0.261. The Balaban J connectivity index is 2.46. The van der Waals surface area contributed by atoms with Gasteiger partial charge < -0.3 is 5.73 Å². The molecule has 0 amide bonds. The summed E-state index contributed by atoms with van der Waals surface area (Å²) in [6, 6.07) is 0.110. The smallest absolute Gasteiger partial charge is 0.0842 e. The molecular weight excluding hydrogens is 152 g/mol. The zero-order chi connectivity index (χ0) is 8.97. The number of nitrogens with two attached hydrogens (primary N) is 1. The van der Waals surface area contributed by atoms with E-state index in [0.29, 0.717) is 0 Å². The van der Waals surface area contributed by atoms with Gasteiger partial charge in [-0.05, 0) is 6.42 Å². The molecule has 4 nitrogen and oxygen atoms in total. The quantitative estimate of drug-likeness (QED) is 0.653. The molecule has 66 valence electrons. The lowest BCUT2D eigenvalue weighted by molar-refractivity contribution is 0.664. The van der Waals surface area contributed by atoms with Gasteiger partial charge in [0.2, 0.25) is 0 Å². The van der Waals surface area contributed by atoms with Crippen LogP contribution >= 0.6 is 0 Å². The van der Waals surface area contributed by atoms with Crippen LogP contribution in [0.3, 0.4) is 0 Å². The molecule has 2 N–H and O–H groups in total. The number of rotatable bonds is 4. The summed E-state index contributed by atoms with van der Waals surface area (Å²) in [6.07, 6.45) is 5.28. The van der Waals surface area contributed by atoms with Crippen LogP contribution in [0.2, 0.25) is 0 Å². The molecule has 1 atom stereocenters. The first-order valence-corrected chi connectivity index (χ1v) is 3.94. The van der Waals surface area contributed by atoms with Gasteiger partial charge in [-0.25, -0.2) is 0 Å². The number of nitrogens with zero attached hydrogens (tertiary/aromatic N) is 3. The van der Waals surface area contributed by atoms with Gasteiger partial charge in [0.1, 0.15) is 0 Å². The molecule has 12 heavy (non-hydrogen) atoms. The minimum Gasteiger partial charge on any atom is -0.327 e. The fourth-order valence-corrected chi connectivity index (χ4v) is 1.05. The Labute approximate surface area is 72.1 Å². The van der Waals surface area contributed by atoms with Crippen LogP contribution in [-0.2, 0) is 13.5 Å². The molecule has 0 saturated carbocycles. The molecule has 1 rings (SSSR count). The highest BCUT2D eigenvalue weighted by atomic mass is 15.4. The average molecular weight is 166 g/mol. The van der Waals surface area contributed by atoms with Crippen LogP contribution in [0.4, 0.5) is 0 Å². The second-order valence-electron chi connectivity index (χ2n) is 2.87. The van der Waals surface area contributed by atoms with Crippen LogP contribution < -0.4 is 5.73 Å². The lowest BCUT2D eigenvalue weighted by Gasteiger charge is -2.04. The highest BCUT2D eigenvalue weighted by Gasteiger charge is 2.04. The molecule has 0 spiro atoms. The van der Waals surface area contributed by atoms with Crippen molar-refractivity contribution < 1.29 is 0 Å². The van der Waals surface area contributed by atoms with Crippen molar-refractivity contribution in [3.63, 3.8) is 0 Å². The maximum Gasteiger partial charge on any atom is 0.0842 e. The number of aryl methyl sites for hydroxylation is 1. The SMILES string of the molecule is C=CCC(N)Cc1cn(C)nn1. The van der Waals surface area contributed by atoms with E-state index >= 15 is 0 Å². The molecule has 0 saturated heterocycles. The van der Waals surface area contributed by atoms with E-state index in [4.69, 9.17) is 5.73 Å². The van der Waals surface area contributed by atoms with Crippen molar-refractivity contribution >= 4 is 0 Å². The topological polar surface area (TPSA) is 56.7 Å². The summed E-state index contributed by atoms with van der Waals surface area (Å²) in [5.74, 6) is 0. The first kappa shape index (κ1) is 8.93. The Morgan fingerprint density at radius 2 is 2.58 bits per heavy atom. The van der Waals surface area contributed by atoms with Crippen LogP contribution in [0.5, 0.6) is 0 Å². The van der Waals surface area contributed by atoms with Crippen molar-refractivity contribution in [1.82, 2.24) is 15.0 Å². The summed E-state index contributed by atoms with van der Waals surface area (Å²) < 4.78 is 1.68. The Bertz CT molecular complexity index is 253. The Morgan fingerprint density at radius 3 is 3.08 bits per heavy atom. The molecule has 1 heterocycles. The van der Waals surface area contributed by atoms with Crippen molar-refractivity contribution in [3.8, 4) is 0 Å². The summed E-state index contributed by atoms with van der Waals surface area (Å²) in [7, 11) is 1.84. The van der Waals surface area contributed by atoms with E-state index in [9.17, 15) is 0 Å². The summed E-state index contributed by atoms with van der Waals surface area (Å²) >= 11 is 0. The van der Waals surface area contributed by atoms with E-state index in [-0.39, 0.29) is 6.04 Å². The first-order valence-electron chi connectivity index (χ1n) is 3.94. The van der Waals surface area contributed by atoms with Crippen molar-refractivity contribution in [1.29, 1.82) is 0 Å². The lowest BCUT2D eigenvalue weighted by atomic mass is 10.1. The van der Waals surface area contributed by atoms with Gasteiger partial charge >= 0.3 is 0 Å². The van der Waals surface area contributed by atoms with Gasteiger partial charge in [-0.3, -0.25) is 4.68 Å². The van der Waals surface area contributed by atoms with Crippen molar-refractivity contribution in [2.24, 2.45) is 12.8 Å². The zero-order valence-corrected chi connectivity index (χ0v) is 7.27. The molecule has 0 aliphatic heterocycles. The molecular formula is C8H14N4. The van der Waals surface area contributed by atoms with E-state index in [1.165, 1.54) is 0 Å². The molecule has 4 heteroatoms. The largest absolute Gasteiger partial charge is 0.327 e. The number of aromatic nitrogens is 3. The lowest BCUT2D eigenvalue weighted by Crippen LogP contribution is -2.21. The minimum absolute atomic E-state index is 0.110. The normalized spacial score (nSPS) is 12.8. The van der Waals surface area contributed by atoms with E-state index < -0.39 is 0 Å². The van der Waals surface area contributed by atoms with E-state index in [0.717, 1.165) is 18.5 Å². The fraction of sp³-hybridized carbons (Fsp3) is 0.500. The third-order valence-corrected chi connectivity index (χ3v) is 1.59. The molecule has 0 aliphatic carbocycles. The fourth-order valence-electron chi connectivity index (χ4n) is 1.05. The van der Waals surface area contributed by atoms with Crippen molar-refractivity contribution in [2.75, 3.05) is 0 Å². The summed E-state index contributed by atoms with van der Waals surface area (Å²) in [6.45, 7) is 3.63. The second-order valence-corrected chi connectivity index (χ2v) is 2.87. The molecule has 1 unspecified atom stereocenters. The van der Waals surface area contributed by atoms with Gasteiger partial charge in [0.25, 0.3) is 0 Å². The summed E-state index contributed by atoms with van der Waals surface area (Å²) in [5, 5.41) is 7.75. The van der Waals surface area contributed by atoms with Crippen molar-refractivity contribution in [3.05, 3.63) is 24.5 Å². The van der Waals surface area contributed by atoms with Crippen LogP contribution in [-0.4, -0.2) is 21.0 Å². The van der Waals surface area contributed by atoms with Crippen molar-refractivity contribution in [2.45, 2.75) is 18.9 Å².